The first-order valence-corrected chi connectivity index (χ1v) is 7.31. The Hall–Kier alpha value is -1.85. The molecule has 3 N–H and O–H groups in total. The second-order valence-electron chi connectivity index (χ2n) is 4.73. The lowest BCUT2D eigenvalue weighted by Gasteiger charge is -2.06. The number of carbonyl (C=O) groups is 1. The summed E-state index contributed by atoms with van der Waals surface area (Å²) in [5.74, 6) is 0.00794. The fourth-order valence-electron chi connectivity index (χ4n) is 1.91. The first-order valence-electron chi connectivity index (χ1n) is 6.93. The molecule has 112 valence electrons. The van der Waals surface area contributed by atoms with Gasteiger partial charge in [-0.2, -0.15) is 0 Å². The van der Waals surface area contributed by atoms with Crippen molar-refractivity contribution in [2.24, 2.45) is 0 Å². The number of aromatic amines is 1. The molecule has 5 nitrogen and oxygen atoms in total. The van der Waals surface area contributed by atoms with Crippen molar-refractivity contribution < 1.29 is 4.79 Å². The molecule has 0 bridgehead atoms. The molecular formula is C15H19ClN4O. The van der Waals surface area contributed by atoms with Gasteiger partial charge in [0.1, 0.15) is 0 Å². The van der Waals surface area contributed by atoms with Crippen LogP contribution >= 0.6 is 11.6 Å². The molecule has 0 aliphatic heterocycles. The van der Waals surface area contributed by atoms with Crippen LogP contribution in [0, 0.1) is 0 Å². The summed E-state index contributed by atoms with van der Waals surface area (Å²) in [4.78, 5) is 18.6. The highest BCUT2D eigenvalue weighted by molar-refractivity contribution is 6.30. The molecule has 0 unspecified atom stereocenters. The van der Waals surface area contributed by atoms with Crippen molar-refractivity contribution in [3.8, 4) is 0 Å². The molecule has 6 heteroatoms. The Morgan fingerprint density at radius 1 is 1.19 bits per heavy atom. The number of halogens is 1. The summed E-state index contributed by atoms with van der Waals surface area (Å²) < 4.78 is 0. The maximum Gasteiger partial charge on any atom is 0.233 e. The van der Waals surface area contributed by atoms with Crippen molar-refractivity contribution in [2.75, 3.05) is 19.6 Å². The summed E-state index contributed by atoms with van der Waals surface area (Å²) in [7, 11) is 0. The molecule has 1 aromatic carbocycles. The summed E-state index contributed by atoms with van der Waals surface area (Å²) >= 11 is 5.82. The number of nitrogens with zero attached hydrogens (tertiary/aromatic N) is 1. The molecular weight excluding hydrogens is 288 g/mol. The Labute approximate surface area is 129 Å². The topological polar surface area (TPSA) is 69.8 Å². The van der Waals surface area contributed by atoms with E-state index in [2.05, 4.69) is 20.6 Å². The van der Waals surface area contributed by atoms with E-state index in [-0.39, 0.29) is 5.91 Å². The lowest BCUT2D eigenvalue weighted by atomic mass is 10.1. The lowest BCUT2D eigenvalue weighted by molar-refractivity contribution is -0.120. The number of hydrogen-bond acceptors (Lipinski definition) is 3. The van der Waals surface area contributed by atoms with Gasteiger partial charge in [0.2, 0.25) is 5.91 Å². The molecule has 21 heavy (non-hydrogen) atoms. The Kier molecular flexibility index (Phi) is 6.24. The maximum absolute atomic E-state index is 11.6. The molecule has 0 fully saturated rings. The van der Waals surface area contributed by atoms with E-state index in [1.54, 1.807) is 12.5 Å². The number of rotatable bonds is 8. The molecule has 0 atom stereocenters. The van der Waals surface area contributed by atoms with Gasteiger partial charge in [-0.05, 0) is 24.1 Å². The molecule has 0 radical (unpaired) electrons. The Bertz CT molecular complexity index is 539. The van der Waals surface area contributed by atoms with Gasteiger partial charge in [0.05, 0.1) is 12.9 Å². The smallest absolute Gasteiger partial charge is 0.233 e. The molecule has 0 saturated carbocycles. The summed E-state index contributed by atoms with van der Waals surface area (Å²) in [6, 6.07) is 7.65. The standard InChI is InChI=1S/C15H19ClN4O/c16-13-3-1-12(2-4-13)5-8-19-15(21)10-17-7-6-14-9-18-11-20-14/h1-4,9,11,17H,5-8,10H2,(H,18,20)(H,19,21). The van der Waals surface area contributed by atoms with Gasteiger partial charge in [-0.15, -0.1) is 0 Å². The first-order chi connectivity index (χ1) is 10.2. The van der Waals surface area contributed by atoms with Gasteiger partial charge in [0.25, 0.3) is 0 Å². The number of carbonyl (C=O) groups excluding carboxylic acids is 1. The highest BCUT2D eigenvalue weighted by atomic mass is 35.5. The summed E-state index contributed by atoms with van der Waals surface area (Å²) in [5, 5.41) is 6.71. The average molecular weight is 307 g/mol. The van der Waals surface area contributed by atoms with E-state index >= 15 is 0 Å². The van der Waals surface area contributed by atoms with Gasteiger partial charge in [0, 0.05) is 36.4 Å². The number of benzene rings is 1. The summed E-state index contributed by atoms with van der Waals surface area (Å²) in [6.45, 7) is 1.70. The molecule has 1 heterocycles. The van der Waals surface area contributed by atoms with E-state index in [9.17, 15) is 4.79 Å². The van der Waals surface area contributed by atoms with Crippen LogP contribution in [-0.2, 0) is 17.6 Å². The predicted molar refractivity (Wildman–Crippen MR) is 83.3 cm³/mol. The zero-order valence-electron chi connectivity index (χ0n) is 11.7. The number of imidazole rings is 1. The van der Waals surface area contributed by atoms with Crippen molar-refractivity contribution in [2.45, 2.75) is 12.8 Å². The van der Waals surface area contributed by atoms with Gasteiger partial charge < -0.3 is 15.6 Å². The quantitative estimate of drug-likeness (QED) is 0.648. The third kappa shape index (κ3) is 5.97. The SMILES string of the molecule is O=C(CNCCc1cnc[nH]1)NCCc1ccc(Cl)cc1. The molecule has 0 aliphatic rings. The Balaban J connectivity index is 1.54. The maximum atomic E-state index is 11.6. The summed E-state index contributed by atoms with van der Waals surface area (Å²) in [6.07, 6.45) is 5.07. The molecule has 1 amide bonds. The first kappa shape index (κ1) is 15.5. The van der Waals surface area contributed by atoms with Crippen molar-refractivity contribution in [3.63, 3.8) is 0 Å². The molecule has 2 aromatic rings. The van der Waals surface area contributed by atoms with E-state index in [4.69, 9.17) is 11.6 Å². The third-order valence-corrected chi connectivity index (χ3v) is 3.31. The zero-order valence-corrected chi connectivity index (χ0v) is 12.5. The van der Waals surface area contributed by atoms with E-state index in [0.717, 1.165) is 35.7 Å². The molecule has 0 spiro atoms. The van der Waals surface area contributed by atoms with Crippen LogP contribution in [0.2, 0.25) is 5.02 Å². The van der Waals surface area contributed by atoms with E-state index in [1.807, 2.05) is 24.3 Å². The van der Waals surface area contributed by atoms with Crippen LogP contribution in [0.25, 0.3) is 0 Å². The highest BCUT2D eigenvalue weighted by Gasteiger charge is 2.01. The number of hydrogen-bond donors (Lipinski definition) is 3. The van der Waals surface area contributed by atoms with Crippen molar-refractivity contribution in [3.05, 3.63) is 53.1 Å². The lowest BCUT2D eigenvalue weighted by Crippen LogP contribution is -2.35. The Morgan fingerprint density at radius 2 is 2.00 bits per heavy atom. The van der Waals surface area contributed by atoms with Crippen molar-refractivity contribution in [1.29, 1.82) is 0 Å². The molecule has 2 rings (SSSR count). The number of aromatic nitrogens is 2. The molecule has 1 aromatic heterocycles. The van der Waals surface area contributed by atoms with Gasteiger partial charge in [-0.1, -0.05) is 23.7 Å². The minimum atomic E-state index is 0.00794. The molecule has 0 saturated heterocycles. The monoisotopic (exact) mass is 306 g/mol. The minimum absolute atomic E-state index is 0.00794. The number of amides is 1. The highest BCUT2D eigenvalue weighted by Crippen LogP contribution is 2.09. The van der Waals surface area contributed by atoms with Crippen LogP contribution < -0.4 is 10.6 Å². The fourth-order valence-corrected chi connectivity index (χ4v) is 2.03. The predicted octanol–water partition coefficient (Wildman–Crippen LogP) is 1.55. The Morgan fingerprint density at radius 3 is 2.71 bits per heavy atom. The zero-order chi connectivity index (χ0) is 14.9. The largest absolute Gasteiger partial charge is 0.355 e. The fraction of sp³-hybridized carbons (Fsp3) is 0.333. The van der Waals surface area contributed by atoms with E-state index in [1.165, 1.54) is 0 Å². The number of H-pyrrole nitrogens is 1. The average Bonchev–Trinajstić information content (AvgIpc) is 2.99. The van der Waals surface area contributed by atoms with E-state index < -0.39 is 0 Å². The minimum Gasteiger partial charge on any atom is -0.355 e. The van der Waals surface area contributed by atoms with Crippen LogP contribution in [-0.4, -0.2) is 35.5 Å². The number of nitrogens with one attached hydrogen (secondary N) is 3. The summed E-state index contributed by atoms with van der Waals surface area (Å²) in [5.41, 5.74) is 2.22. The molecule has 0 aliphatic carbocycles. The van der Waals surface area contributed by atoms with Gasteiger partial charge >= 0.3 is 0 Å². The van der Waals surface area contributed by atoms with Gasteiger partial charge in [0.15, 0.2) is 0 Å². The van der Waals surface area contributed by atoms with Crippen LogP contribution in [0.4, 0.5) is 0 Å². The normalized spacial score (nSPS) is 10.5. The second kappa shape index (κ2) is 8.44. The van der Waals surface area contributed by atoms with Gasteiger partial charge in [-0.25, -0.2) is 4.98 Å². The second-order valence-corrected chi connectivity index (χ2v) is 5.17. The van der Waals surface area contributed by atoms with Gasteiger partial charge in [-0.3, -0.25) is 4.79 Å². The van der Waals surface area contributed by atoms with E-state index in [0.29, 0.717) is 13.1 Å². The van der Waals surface area contributed by atoms with Crippen molar-refractivity contribution in [1.82, 2.24) is 20.6 Å². The third-order valence-electron chi connectivity index (χ3n) is 3.06. The van der Waals surface area contributed by atoms with Crippen LogP contribution in [0.1, 0.15) is 11.3 Å². The van der Waals surface area contributed by atoms with Crippen molar-refractivity contribution >= 4 is 17.5 Å². The van der Waals surface area contributed by atoms with Crippen LogP contribution in [0.5, 0.6) is 0 Å². The van der Waals surface area contributed by atoms with Crippen LogP contribution in [0.15, 0.2) is 36.8 Å². The van der Waals surface area contributed by atoms with Crippen LogP contribution in [0.3, 0.4) is 0 Å².